The second-order valence-corrected chi connectivity index (χ2v) is 14.5. The molecule has 0 atom stereocenters. The summed E-state index contributed by atoms with van der Waals surface area (Å²) in [7, 11) is 0. The van der Waals surface area contributed by atoms with Crippen LogP contribution in [0.5, 0.6) is 0 Å². The molecule has 6 aromatic rings. The molecule has 0 saturated heterocycles. The smallest absolute Gasteiger partial charge is 0.354 e. The van der Waals surface area contributed by atoms with E-state index in [0.717, 1.165) is 0 Å². The van der Waals surface area contributed by atoms with Crippen LogP contribution in [0.2, 0.25) is 0 Å². The van der Waals surface area contributed by atoms with Crippen LogP contribution in [0.15, 0.2) is 91.0 Å². The van der Waals surface area contributed by atoms with Gasteiger partial charge in [-0.15, -0.1) is 0 Å². The predicted octanol–water partition coefficient (Wildman–Crippen LogP) is 5.06. The van der Waals surface area contributed by atoms with Crippen molar-refractivity contribution < 1.29 is 97.5 Å². The maximum Gasteiger partial charge on any atom is 0.354 e. The fourth-order valence-electron chi connectivity index (χ4n) is 6.17. The Bertz CT molecular complexity index is 2840. The van der Waals surface area contributed by atoms with Crippen LogP contribution in [0.4, 0.5) is 34.1 Å². The molecule has 0 aliphatic carbocycles. The number of pyridine rings is 3. The molecule has 0 aliphatic rings. The van der Waals surface area contributed by atoms with Crippen LogP contribution in [0, 0.1) is 69.0 Å². The number of anilines is 3. The number of aromatic nitrogens is 3. The molecule has 3 amide bonds. The number of nitrogens with two attached hydrogens (primary N) is 3. The molecule has 0 fully saturated rings. The van der Waals surface area contributed by atoms with E-state index in [1.165, 1.54) is 91.0 Å². The Kier molecular flexibility index (Phi) is 20.8. The van der Waals surface area contributed by atoms with Crippen LogP contribution in [0.3, 0.4) is 0 Å². The maximum absolute atomic E-state index is 11.9. The van der Waals surface area contributed by atoms with E-state index in [-0.39, 0.29) is 107 Å². The fourth-order valence-corrected chi connectivity index (χ4v) is 6.17. The molecule has 381 valence electrons. The number of amides is 3. The summed E-state index contributed by atoms with van der Waals surface area (Å²) in [6.07, 6.45) is 0. The minimum absolute atomic E-state index is 0. The summed E-state index contributed by atoms with van der Waals surface area (Å²) in [5.74, 6) is -5.54. The topological polar surface area (TPSA) is 445 Å². The third-order valence-corrected chi connectivity index (χ3v) is 9.52. The van der Waals surface area contributed by atoms with Gasteiger partial charge in [-0.2, -0.15) is 0 Å². The number of hydrogen-bond donors (Lipinski definition) is 9. The van der Waals surface area contributed by atoms with Crippen LogP contribution in [-0.4, -0.2) is 100 Å². The van der Waals surface area contributed by atoms with Gasteiger partial charge in [0.05, 0.1) is 14.8 Å². The molecule has 3 aromatic heterocycles. The number of carbonyl (C=O) groups is 6. The van der Waals surface area contributed by atoms with Crippen molar-refractivity contribution in [1.82, 2.24) is 30.9 Å². The molecule has 3 aromatic carbocycles. The van der Waals surface area contributed by atoms with Crippen LogP contribution < -0.4 is 33.2 Å². The molecule has 28 heteroatoms. The second kappa shape index (κ2) is 26.1. The monoisotopic (exact) mass is 1150 g/mol. The molecule has 6 rings (SSSR count). The molecule has 27 nitrogen and oxygen atoms in total. The minimum Gasteiger partial charge on any atom is -0.477 e. The predicted molar refractivity (Wildman–Crippen MR) is 257 cm³/mol. The Labute approximate surface area is 442 Å². The van der Waals surface area contributed by atoms with E-state index in [1.54, 1.807) is 20.8 Å². The molecule has 3 heterocycles. The Balaban J connectivity index is 0.000000287. The second-order valence-electron chi connectivity index (χ2n) is 14.5. The van der Waals surface area contributed by atoms with Gasteiger partial charge in [-0.1, -0.05) is 18.2 Å². The molecular weight excluding hydrogens is 1110 g/mol. The van der Waals surface area contributed by atoms with Gasteiger partial charge < -0.3 is 48.5 Å². The maximum atomic E-state index is 11.9. The van der Waals surface area contributed by atoms with Crippen molar-refractivity contribution in [2.45, 2.75) is 20.8 Å². The number of carbonyl (C=O) groups excluding carboxylic acids is 3. The number of nitrogens with one attached hydrogen (secondary N) is 3. The zero-order valence-electron chi connectivity index (χ0n) is 38.3. The van der Waals surface area contributed by atoms with Crippen molar-refractivity contribution in [3.8, 4) is 33.4 Å². The molecule has 73 heavy (non-hydrogen) atoms. The first-order valence-electron chi connectivity index (χ1n) is 20.7. The minimum atomic E-state index is -1.31. The number of nitro benzene ring substituents is 3. The van der Waals surface area contributed by atoms with Gasteiger partial charge in [0.1, 0.15) is 51.2 Å². The first kappa shape index (κ1) is 58.1. The summed E-state index contributed by atoms with van der Waals surface area (Å²) < 4.78 is 0. The van der Waals surface area contributed by atoms with Crippen LogP contribution in [-0.2, 0) is 0 Å². The Hall–Kier alpha value is -9.18. The number of nitro groups is 3. The first-order chi connectivity index (χ1) is 34.0. The van der Waals surface area contributed by atoms with Gasteiger partial charge in [-0.3, -0.25) is 44.7 Å². The molecule has 1 radical (unpaired) electrons. The van der Waals surface area contributed by atoms with E-state index in [1.807, 2.05) is 0 Å². The van der Waals surface area contributed by atoms with Gasteiger partial charge in [-0.25, -0.2) is 29.3 Å². The number of benzene rings is 3. The van der Waals surface area contributed by atoms with Crippen LogP contribution in [0.1, 0.15) is 83.7 Å². The summed E-state index contributed by atoms with van der Waals surface area (Å²) in [6.45, 7) is 6.18. The van der Waals surface area contributed by atoms with Crippen molar-refractivity contribution in [3.05, 3.63) is 156 Å². The van der Waals surface area contributed by atoms with Crippen molar-refractivity contribution in [3.63, 3.8) is 0 Å². The van der Waals surface area contributed by atoms with Gasteiger partial charge in [0, 0.05) is 76.4 Å². The number of nitrogen functional groups attached to an aromatic ring is 3. The Morgan fingerprint density at radius 3 is 0.836 bits per heavy atom. The Morgan fingerprint density at radius 1 is 0.425 bits per heavy atom. The molecule has 0 aliphatic heterocycles. The summed E-state index contributed by atoms with van der Waals surface area (Å²) in [5, 5.41) is 68.0. The molecule has 0 saturated carbocycles. The van der Waals surface area contributed by atoms with E-state index in [4.69, 9.17) is 32.5 Å². The summed E-state index contributed by atoms with van der Waals surface area (Å²) in [5.41, 5.74) is 16.4. The van der Waals surface area contributed by atoms with Crippen LogP contribution in [0.25, 0.3) is 33.4 Å². The standard InChI is InChI=1S/3C15H14N4O5.Tb/c3*1-2-17-14(20)11-5-9(6-12(18-11)15(21)22)8-3-4-10(16)13(7-8)19(23)24;/h3*3-7H,2,16H2,1H3,(H,17,20)(H,21,22);. The van der Waals surface area contributed by atoms with Crippen molar-refractivity contribution in [2.75, 3.05) is 36.8 Å². The zero-order chi connectivity index (χ0) is 53.6. The largest absolute Gasteiger partial charge is 0.477 e. The van der Waals surface area contributed by atoms with Gasteiger partial charge in [0.15, 0.2) is 0 Å². The first-order valence-corrected chi connectivity index (χ1v) is 20.7. The fraction of sp³-hybridized carbons (Fsp3) is 0.133. The number of hydrogen-bond acceptors (Lipinski definition) is 18. The number of carboxylic acid groups (broad SMARTS) is 3. The normalized spacial score (nSPS) is 10.1. The molecule has 0 spiro atoms. The van der Waals surface area contributed by atoms with Crippen molar-refractivity contribution >= 4 is 69.8 Å². The number of aromatic carboxylic acids is 3. The average molecular weight is 1150 g/mol. The summed E-state index contributed by atoms with van der Waals surface area (Å²) >= 11 is 0. The molecule has 0 unspecified atom stereocenters. The summed E-state index contributed by atoms with van der Waals surface area (Å²) in [6, 6.07) is 20.0. The Morgan fingerprint density at radius 2 is 0.644 bits per heavy atom. The molecular formula is C45H42N12O15Tb. The average Bonchev–Trinajstić information content (AvgIpc) is 3.34. The third-order valence-electron chi connectivity index (χ3n) is 9.52. The van der Waals surface area contributed by atoms with Gasteiger partial charge in [-0.05, 0) is 109 Å². The summed E-state index contributed by atoms with van der Waals surface area (Å²) in [4.78, 5) is 112. The van der Waals surface area contributed by atoms with Gasteiger partial charge in [0.25, 0.3) is 34.8 Å². The van der Waals surface area contributed by atoms with E-state index in [2.05, 4.69) is 30.9 Å². The zero-order valence-corrected chi connectivity index (χ0v) is 40.4. The van der Waals surface area contributed by atoms with Crippen molar-refractivity contribution in [1.29, 1.82) is 0 Å². The van der Waals surface area contributed by atoms with E-state index < -0.39 is 50.4 Å². The van der Waals surface area contributed by atoms with Crippen LogP contribution >= 0.6 is 0 Å². The SMILES string of the molecule is CCNC(=O)c1cc(-c2ccc(N)c([N+](=O)[O-])c2)cc(C(=O)O)n1.CCNC(=O)c1cc(-c2ccc(N)c([N+](=O)[O-])c2)cc(C(=O)O)n1.CCNC(=O)c1cc(-c2ccc(N)c([N+](=O)[O-])c2)cc(C(=O)O)n1.[Tb]. The van der Waals surface area contributed by atoms with E-state index in [0.29, 0.717) is 53.0 Å². The van der Waals surface area contributed by atoms with Gasteiger partial charge in [0.2, 0.25) is 0 Å². The van der Waals surface area contributed by atoms with Crippen molar-refractivity contribution in [2.24, 2.45) is 0 Å². The molecule has 12 N–H and O–H groups in total. The van der Waals surface area contributed by atoms with E-state index in [9.17, 15) is 59.1 Å². The third kappa shape index (κ3) is 15.4. The quantitative estimate of drug-likeness (QED) is 0.0368. The number of carboxylic acids is 3. The number of nitrogens with zero attached hydrogens (tertiary/aromatic N) is 6. The molecule has 0 bridgehead atoms. The number of rotatable bonds is 15. The van der Waals surface area contributed by atoms with Gasteiger partial charge >= 0.3 is 17.9 Å². The van der Waals surface area contributed by atoms with E-state index >= 15 is 0 Å².